The van der Waals surface area contributed by atoms with Gasteiger partial charge in [0.2, 0.25) is 0 Å². The third-order valence-corrected chi connectivity index (χ3v) is 18.3. The number of nitrogens with zero attached hydrogens (tertiary/aromatic N) is 2. The van der Waals surface area contributed by atoms with Crippen LogP contribution in [-0.2, 0) is 0 Å². The van der Waals surface area contributed by atoms with E-state index in [1.54, 1.807) is 0 Å². The van der Waals surface area contributed by atoms with Crippen molar-refractivity contribution in [2.45, 2.75) is 0 Å². The maximum atomic E-state index is 2.45. The van der Waals surface area contributed by atoms with Crippen molar-refractivity contribution in [3.8, 4) is 33.6 Å². The van der Waals surface area contributed by atoms with Crippen LogP contribution in [-0.4, -0.2) is 17.2 Å². The number of fused-ring (bicyclic) bond motifs is 10. The lowest BCUT2D eigenvalue weighted by Gasteiger charge is -2.31. The molecular weight excluding hydrogens is 753 g/mol. The number of benzene rings is 10. The molecule has 0 amide bonds. The molecular formula is C58H38N2Si. The Hall–Kier alpha value is -7.72. The molecule has 0 N–H and O–H groups in total. The Kier molecular flexibility index (Phi) is 7.36. The Morgan fingerprint density at radius 2 is 0.738 bits per heavy atom. The first-order chi connectivity index (χ1) is 30.3. The number of aromatic nitrogens is 2. The molecule has 2 aromatic heterocycles. The van der Waals surface area contributed by atoms with Crippen LogP contribution in [0.1, 0.15) is 0 Å². The molecule has 0 saturated heterocycles. The SMILES string of the molecule is c1ccc([Si]2(c3ccc(-n4c5ccccc5c5cc(-c6ccc7c(c6)c6ccccc6n7-c6ccc7ccccc7c6)ccc54)cc3)c3ccccc3-c3ccccc32)cc1. The summed E-state index contributed by atoms with van der Waals surface area (Å²) >= 11 is 0. The highest BCUT2D eigenvalue weighted by Crippen LogP contribution is 2.39. The highest BCUT2D eigenvalue weighted by molar-refractivity contribution is 7.22. The monoisotopic (exact) mass is 790 g/mol. The van der Waals surface area contributed by atoms with E-state index in [1.807, 2.05) is 0 Å². The van der Waals surface area contributed by atoms with Crippen LogP contribution in [0.15, 0.2) is 231 Å². The average Bonchev–Trinajstić information content (AvgIpc) is 3.96. The second-order valence-corrected chi connectivity index (χ2v) is 20.2. The van der Waals surface area contributed by atoms with E-state index < -0.39 is 8.07 Å². The van der Waals surface area contributed by atoms with Gasteiger partial charge in [-0.25, -0.2) is 0 Å². The van der Waals surface area contributed by atoms with E-state index in [9.17, 15) is 0 Å². The first-order valence-corrected chi connectivity index (χ1v) is 23.2. The van der Waals surface area contributed by atoms with Crippen molar-refractivity contribution in [3.63, 3.8) is 0 Å². The lowest BCUT2D eigenvalue weighted by Crippen LogP contribution is -2.72. The topological polar surface area (TPSA) is 9.86 Å². The molecule has 1 aliphatic heterocycles. The fourth-order valence-electron chi connectivity index (χ4n) is 10.7. The maximum Gasteiger partial charge on any atom is 0.180 e. The Morgan fingerprint density at radius 1 is 0.279 bits per heavy atom. The van der Waals surface area contributed by atoms with Gasteiger partial charge in [0.25, 0.3) is 0 Å². The van der Waals surface area contributed by atoms with E-state index in [4.69, 9.17) is 0 Å². The molecule has 12 aromatic rings. The summed E-state index contributed by atoms with van der Waals surface area (Å²) in [6, 6.07) is 86.1. The summed E-state index contributed by atoms with van der Waals surface area (Å²) in [6.45, 7) is 0. The van der Waals surface area contributed by atoms with Gasteiger partial charge in [-0.1, -0.05) is 170 Å². The van der Waals surface area contributed by atoms with Gasteiger partial charge in [-0.15, -0.1) is 0 Å². The van der Waals surface area contributed by atoms with Crippen LogP contribution in [0.4, 0.5) is 0 Å². The Bertz CT molecular complexity index is 3660. The van der Waals surface area contributed by atoms with Crippen molar-refractivity contribution in [1.29, 1.82) is 0 Å². The van der Waals surface area contributed by atoms with Crippen molar-refractivity contribution in [2.24, 2.45) is 0 Å². The van der Waals surface area contributed by atoms with Crippen molar-refractivity contribution in [3.05, 3.63) is 231 Å². The van der Waals surface area contributed by atoms with Crippen LogP contribution < -0.4 is 20.7 Å². The van der Waals surface area contributed by atoms with E-state index in [-0.39, 0.29) is 0 Å². The highest BCUT2D eigenvalue weighted by Gasteiger charge is 2.48. The molecule has 13 rings (SSSR count). The van der Waals surface area contributed by atoms with Crippen LogP contribution in [0, 0.1) is 0 Å². The van der Waals surface area contributed by atoms with E-state index in [0.29, 0.717) is 0 Å². The highest BCUT2D eigenvalue weighted by atomic mass is 28.3. The van der Waals surface area contributed by atoms with Crippen LogP contribution in [0.3, 0.4) is 0 Å². The lowest BCUT2D eigenvalue weighted by molar-refractivity contribution is 1.18. The van der Waals surface area contributed by atoms with Gasteiger partial charge in [0.05, 0.1) is 22.1 Å². The van der Waals surface area contributed by atoms with Crippen molar-refractivity contribution < 1.29 is 0 Å². The molecule has 0 fully saturated rings. The van der Waals surface area contributed by atoms with E-state index in [0.717, 1.165) is 0 Å². The number of hydrogen-bond donors (Lipinski definition) is 0. The van der Waals surface area contributed by atoms with Gasteiger partial charge in [-0.05, 0) is 114 Å². The molecule has 3 heterocycles. The zero-order valence-electron chi connectivity index (χ0n) is 33.3. The third kappa shape index (κ3) is 4.90. The second-order valence-electron chi connectivity index (χ2n) is 16.5. The molecule has 2 nitrogen and oxygen atoms in total. The minimum atomic E-state index is -2.56. The van der Waals surface area contributed by atoms with Gasteiger partial charge in [-0.2, -0.15) is 0 Å². The fourth-order valence-corrected chi connectivity index (χ4v) is 15.9. The molecule has 1 aliphatic rings. The first-order valence-electron chi connectivity index (χ1n) is 21.2. The summed E-state index contributed by atoms with van der Waals surface area (Å²) in [7, 11) is -2.56. The van der Waals surface area contributed by atoms with Crippen molar-refractivity contribution >= 4 is 83.2 Å². The zero-order chi connectivity index (χ0) is 40.1. The smallest absolute Gasteiger partial charge is 0.180 e. The van der Waals surface area contributed by atoms with Crippen LogP contribution >= 0.6 is 0 Å². The Morgan fingerprint density at radius 3 is 1.36 bits per heavy atom. The molecule has 0 bridgehead atoms. The standard InChI is InChI=1S/C58H38N2Si/c1-2-16-45(17-3-1)61(57-24-12-8-20-49(57)50-21-9-13-25-58(50)61)46-32-30-43(31-33-46)59-53-22-10-6-18-47(53)51-37-41(27-34-55(51)59)42-28-35-56-52(38-42)48-19-7-11-23-54(48)60(56)44-29-26-39-14-4-5-15-40(39)36-44/h1-38H. The minimum Gasteiger partial charge on any atom is -0.309 e. The summed E-state index contributed by atoms with van der Waals surface area (Å²) in [4.78, 5) is 0. The third-order valence-electron chi connectivity index (χ3n) is 13.4. The zero-order valence-corrected chi connectivity index (χ0v) is 34.3. The molecule has 0 atom stereocenters. The van der Waals surface area contributed by atoms with E-state index in [1.165, 1.54) is 109 Å². The van der Waals surface area contributed by atoms with Crippen molar-refractivity contribution in [1.82, 2.24) is 9.13 Å². The van der Waals surface area contributed by atoms with Crippen LogP contribution in [0.2, 0.25) is 0 Å². The molecule has 3 heteroatoms. The minimum absolute atomic E-state index is 1.17. The van der Waals surface area contributed by atoms with Gasteiger partial charge in [0.1, 0.15) is 0 Å². The molecule has 0 saturated carbocycles. The molecule has 0 radical (unpaired) electrons. The molecule has 284 valence electrons. The predicted molar refractivity (Wildman–Crippen MR) is 261 cm³/mol. The summed E-state index contributed by atoms with van der Waals surface area (Å²) in [5.74, 6) is 0. The van der Waals surface area contributed by atoms with Crippen LogP contribution in [0.25, 0.3) is 88.0 Å². The quantitative estimate of drug-likeness (QED) is 0.154. The number of rotatable bonds is 5. The number of hydrogen-bond acceptors (Lipinski definition) is 0. The largest absolute Gasteiger partial charge is 0.309 e. The van der Waals surface area contributed by atoms with Gasteiger partial charge < -0.3 is 9.13 Å². The predicted octanol–water partition coefficient (Wildman–Crippen LogP) is 12.1. The molecule has 10 aromatic carbocycles. The Balaban J connectivity index is 0.947. The van der Waals surface area contributed by atoms with Gasteiger partial charge in [0.15, 0.2) is 8.07 Å². The van der Waals surface area contributed by atoms with Gasteiger partial charge >= 0.3 is 0 Å². The molecule has 0 spiro atoms. The van der Waals surface area contributed by atoms with E-state index >= 15 is 0 Å². The normalized spacial score (nSPS) is 13.0. The summed E-state index contributed by atoms with van der Waals surface area (Å²) in [5.41, 5.74) is 12.3. The number of para-hydroxylation sites is 2. The lowest BCUT2D eigenvalue weighted by atomic mass is 10.0. The van der Waals surface area contributed by atoms with E-state index in [2.05, 4.69) is 240 Å². The molecule has 0 aliphatic carbocycles. The second kappa shape index (κ2) is 13.1. The van der Waals surface area contributed by atoms with Gasteiger partial charge in [0, 0.05) is 32.9 Å². The van der Waals surface area contributed by atoms with Crippen molar-refractivity contribution in [2.75, 3.05) is 0 Å². The maximum absolute atomic E-state index is 2.56. The summed E-state index contributed by atoms with van der Waals surface area (Å²) in [5, 5.41) is 13.3. The fraction of sp³-hybridized carbons (Fsp3) is 0. The molecule has 61 heavy (non-hydrogen) atoms. The Labute approximate surface area is 354 Å². The van der Waals surface area contributed by atoms with Gasteiger partial charge in [-0.3, -0.25) is 0 Å². The van der Waals surface area contributed by atoms with Crippen LogP contribution in [0.5, 0.6) is 0 Å². The summed E-state index contributed by atoms with van der Waals surface area (Å²) in [6.07, 6.45) is 0. The molecule has 0 unspecified atom stereocenters. The summed E-state index contributed by atoms with van der Waals surface area (Å²) < 4.78 is 4.86. The first kappa shape index (κ1) is 34.2. The average molecular weight is 791 g/mol.